The highest BCUT2D eigenvalue weighted by atomic mass is 16.3. The van der Waals surface area contributed by atoms with Crippen molar-refractivity contribution in [1.29, 1.82) is 0 Å². The van der Waals surface area contributed by atoms with Crippen LogP contribution in [0.1, 0.15) is 47.1 Å². The van der Waals surface area contributed by atoms with Crippen LogP contribution in [0, 0.1) is 5.92 Å². The molecule has 2 N–H and O–H groups in total. The Morgan fingerprint density at radius 1 is 1.33 bits per heavy atom. The number of aryl methyl sites for hydroxylation is 1. The smallest absolute Gasteiger partial charge is 0.257 e. The van der Waals surface area contributed by atoms with E-state index in [-0.39, 0.29) is 18.6 Å². The van der Waals surface area contributed by atoms with Gasteiger partial charge < -0.3 is 19.9 Å². The number of hydrogen-bond donors (Lipinski definition) is 2. The highest BCUT2D eigenvalue weighted by Gasteiger charge is 2.39. The quantitative estimate of drug-likeness (QED) is 0.816. The molecule has 2 aromatic rings. The molecule has 0 aromatic carbocycles. The largest absolute Gasteiger partial charge is 0.396 e. The Morgan fingerprint density at radius 3 is 2.85 bits per heavy atom. The first-order valence-corrected chi connectivity index (χ1v) is 9.82. The van der Waals surface area contributed by atoms with E-state index in [1.807, 2.05) is 11.9 Å². The van der Waals surface area contributed by atoms with Crippen molar-refractivity contribution in [2.45, 2.75) is 31.7 Å². The number of aliphatic hydroxyl groups excluding tert-OH is 1. The Kier molecular flexibility index (Phi) is 5.27. The van der Waals surface area contributed by atoms with E-state index in [9.17, 15) is 4.79 Å². The average Bonchev–Trinajstić information content (AvgIpc) is 3.34. The fraction of sp³-hybridized carbons (Fsp3) is 0.632. The lowest BCUT2D eigenvalue weighted by Gasteiger charge is -2.42. The zero-order chi connectivity index (χ0) is 18.8. The van der Waals surface area contributed by atoms with E-state index in [2.05, 4.69) is 20.0 Å². The van der Waals surface area contributed by atoms with Gasteiger partial charge in [-0.25, -0.2) is 4.98 Å². The number of aromatic nitrogens is 4. The van der Waals surface area contributed by atoms with Crippen molar-refractivity contribution < 1.29 is 9.90 Å². The van der Waals surface area contributed by atoms with Crippen LogP contribution in [0.25, 0.3) is 0 Å². The number of nitrogens with one attached hydrogen (secondary N) is 1. The molecule has 2 aromatic heterocycles. The first-order chi connectivity index (χ1) is 13.2. The number of imidazole rings is 1. The molecule has 4 rings (SSSR count). The summed E-state index contributed by atoms with van der Waals surface area (Å²) in [6.07, 6.45) is 8.91. The number of aliphatic hydroxyl groups is 1. The number of aromatic amines is 1. The number of nitrogens with zero attached hydrogens (tertiary/aromatic N) is 5. The Bertz CT molecular complexity index is 777. The van der Waals surface area contributed by atoms with E-state index in [1.165, 1.54) is 0 Å². The summed E-state index contributed by atoms with van der Waals surface area (Å²) in [5, 5.41) is 13.2. The van der Waals surface area contributed by atoms with Crippen LogP contribution in [-0.2, 0) is 13.5 Å². The maximum Gasteiger partial charge on any atom is 0.257 e. The number of piperidine rings is 1. The van der Waals surface area contributed by atoms with Crippen LogP contribution >= 0.6 is 0 Å². The topological polar surface area (TPSA) is 90.3 Å². The summed E-state index contributed by atoms with van der Waals surface area (Å²) in [5.41, 5.74) is 2.84. The third kappa shape index (κ3) is 3.64. The summed E-state index contributed by atoms with van der Waals surface area (Å²) in [4.78, 5) is 25.5. The zero-order valence-corrected chi connectivity index (χ0v) is 15.8. The van der Waals surface area contributed by atoms with Gasteiger partial charge in [0.15, 0.2) is 0 Å². The summed E-state index contributed by atoms with van der Waals surface area (Å²) in [5.74, 6) is 0.447. The van der Waals surface area contributed by atoms with Crippen molar-refractivity contribution in [2.24, 2.45) is 13.0 Å². The third-order valence-electron chi connectivity index (χ3n) is 5.89. The fourth-order valence-corrected chi connectivity index (χ4v) is 4.50. The molecule has 2 aliphatic heterocycles. The van der Waals surface area contributed by atoms with E-state index in [1.54, 1.807) is 23.4 Å². The van der Waals surface area contributed by atoms with Gasteiger partial charge in [0.05, 0.1) is 29.8 Å². The molecule has 27 heavy (non-hydrogen) atoms. The molecule has 1 atom stereocenters. The maximum absolute atomic E-state index is 13.2. The van der Waals surface area contributed by atoms with Crippen molar-refractivity contribution in [2.75, 3.05) is 32.8 Å². The van der Waals surface area contributed by atoms with E-state index in [0.29, 0.717) is 18.0 Å². The molecule has 8 nitrogen and oxygen atoms in total. The monoisotopic (exact) mass is 372 g/mol. The molecule has 1 fully saturated rings. The summed E-state index contributed by atoms with van der Waals surface area (Å²) in [6.45, 7) is 3.91. The van der Waals surface area contributed by atoms with Crippen LogP contribution in [0.2, 0.25) is 0 Å². The second-order valence-electron chi connectivity index (χ2n) is 7.62. The Balaban J connectivity index is 1.54. The van der Waals surface area contributed by atoms with Crippen molar-refractivity contribution >= 4 is 5.91 Å². The number of fused-ring (bicyclic) bond motifs is 1. The van der Waals surface area contributed by atoms with Crippen molar-refractivity contribution in [3.05, 3.63) is 35.7 Å². The molecule has 0 radical (unpaired) electrons. The minimum absolute atomic E-state index is 0.0210. The van der Waals surface area contributed by atoms with E-state index >= 15 is 0 Å². The number of hydrogen-bond acceptors (Lipinski definition) is 5. The van der Waals surface area contributed by atoms with Crippen LogP contribution in [0.15, 0.2) is 18.7 Å². The minimum Gasteiger partial charge on any atom is -0.396 e. The summed E-state index contributed by atoms with van der Waals surface area (Å²) in [6, 6.07) is 0.0210. The Hall–Kier alpha value is -2.19. The van der Waals surface area contributed by atoms with E-state index in [4.69, 9.17) is 5.11 Å². The zero-order valence-electron chi connectivity index (χ0n) is 15.8. The molecule has 0 bridgehead atoms. The summed E-state index contributed by atoms with van der Waals surface area (Å²) in [7, 11) is 1.83. The second kappa shape index (κ2) is 7.82. The number of likely N-dealkylation sites (tertiary alicyclic amines) is 1. The predicted octanol–water partition coefficient (Wildman–Crippen LogP) is 0.977. The molecule has 1 unspecified atom stereocenters. The van der Waals surface area contributed by atoms with E-state index in [0.717, 1.165) is 56.7 Å². The molecule has 0 spiro atoms. The van der Waals surface area contributed by atoms with Gasteiger partial charge in [0.1, 0.15) is 0 Å². The normalized spacial score (nSPS) is 21.4. The first-order valence-electron chi connectivity index (χ1n) is 9.82. The number of carbonyl (C=O) groups is 1. The van der Waals surface area contributed by atoms with Gasteiger partial charge in [-0.15, -0.1) is 0 Å². The SMILES string of the molecule is Cn1cc(C(=O)N2CCc3[nH]cnc3C2C2CCN(CCCO)CC2)cn1. The van der Waals surface area contributed by atoms with Gasteiger partial charge in [0, 0.05) is 45.1 Å². The first kappa shape index (κ1) is 18.2. The molecular weight excluding hydrogens is 344 g/mol. The highest BCUT2D eigenvalue weighted by Crippen LogP contribution is 2.39. The molecular formula is C19H28N6O2. The van der Waals surface area contributed by atoms with Gasteiger partial charge in [-0.1, -0.05) is 0 Å². The molecule has 1 amide bonds. The minimum atomic E-state index is 0.0210. The lowest BCUT2D eigenvalue weighted by Crippen LogP contribution is -2.46. The van der Waals surface area contributed by atoms with Crippen molar-refractivity contribution in [3.8, 4) is 0 Å². The fourth-order valence-electron chi connectivity index (χ4n) is 4.50. The third-order valence-corrected chi connectivity index (χ3v) is 5.89. The predicted molar refractivity (Wildman–Crippen MR) is 100 cm³/mol. The molecule has 8 heteroatoms. The molecule has 0 saturated carbocycles. The van der Waals surface area contributed by atoms with Gasteiger partial charge in [-0.05, 0) is 38.3 Å². The number of rotatable bonds is 5. The van der Waals surface area contributed by atoms with Crippen LogP contribution in [0.5, 0.6) is 0 Å². The average molecular weight is 372 g/mol. The van der Waals surface area contributed by atoms with Crippen molar-refractivity contribution in [1.82, 2.24) is 29.5 Å². The standard InChI is InChI=1S/C19H28N6O2/c1-23-12-15(11-22-23)19(27)25-9-5-16-17(21-13-20-16)18(25)14-3-7-24(8-4-14)6-2-10-26/h11-14,18,26H,2-10H2,1H3,(H,20,21). The lowest BCUT2D eigenvalue weighted by molar-refractivity contribution is 0.0467. The molecule has 146 valence electrons. The van der Waals surface area contributed by atoms with Crippen LogP contribution in [-0.4, -0.2) is 73.3 Å². The van der Waals surface area contributed by atoms with Gasteiger partial charge in [0.2, 0.25) is 0 Å². The summed E-state index contributed by atoms with van der Waals surface area (Å²) < 4.78 is 1.67. The number of amides is 1. The van der Waals surface area contributed by atoms with Gasteiger partial charge in [0.25, 0.3) is 5.91 Å². The summed E-state index contributed by atoms with van der Waals surface area (Å²) >= 11 is 0. The van der Waals surface area contributed by atoms with Crippen LogP contribution in [0.4, 0.5) is 0 Å². The van der Waals surface area contributed by atoms with E-state index < -0.39 is 0 Å². The van der Waals surface area contributed by atoms with Gasteiger partial charge >= 0.3 is 0 Å². The maximum atomic E-state index is 13.2. The number of H-pyrrole nitrogens is 1. The Labute approximate surface area is 159 Å². The Morgan fingerprint density at radius 2 is 2.15 bits per heavy atom. The lowest BCUT2D eigenvalue weighted by atomic mass is 9.83. The van der Waals surface area contributed by atoms with Gasteiger partial charge in [-0.3, -0.25) is 9.48 Å². The van der Waals surface area contributed by atoms with Crippen LogP contribution < -0.4 is 0 Å². The highest BCUT2D eigenvalue weighted by molar-refractivity contribution is 5.94. The molecule has 4 heterocycles. The second-order valence-corrected chi connectivity index (χ2v) is 7.62. The van der Waals surface area contributed by atoms with Crippen molar-refractivity contribution in [3.63, 3.8) is 0 Å². The van der Waals surface area contributed by atoms with Gasteiger partial charge in [-0.2, -0.15) is 5.10 Å². The molecule has 0 aliphatic carbocycles. The van der Waals surface area contributed by atoms with Crippen LogP contribution in [0.3, 0.4) is 0 Å². The molecule has 2 aliphatic rings. The number of carbonyl (C=O) groups excluding carboxylic acids is 1. The molecule has 1 saturated heterocycles.